The van der Waals surface area contributed by atoms with Crippen molar-refractivity contribution in [3.8, 4) is 0 Å². The molecule has 0 spiro atoms. The van der Waals surface area contributed by atoms with Crippen LogP contribution in [-0.2, 0) is 6.42 Å². The number of furan rings is 1. The zero-order chi connectivity index (χ0) is 12.3. The molecule has 2 aromatic rings. The third-order valence-corrected chi connectivity index (χ3v) is 2.49. The van der Waals surface area contributed by atoms with Gasteiger partial charge in [0.1, 0.15) is 11.3 Å². The van der Waals surface area contributed by atoms with Crippen LogP contribution in [0.1, 0.15) is 28.6 Å². The Hall–Kier alpha value is -2.04. The molecule has 0 unspecified atom stereocenters. The number of aromatic nitrogens is 1. The zero-order valence-electron chi connectivity index (χ0n) is 9.77. The lowest BCUT2D eigenvalue weighted by Gasteiger charge is -2.11. The molecule has 1 atom stereocenters. The third kappa shape index (κ3) is 2.75. The topological polar surface area (TPSA) is 68.3 Å². The predicted octanol–water partition coefficient (Wildman–Crippen LogP) is 1.94. The summed E-state index contributed by atoms with van der Waals surface area (Å²) < 4.78 is 9.82. The molecule has 0 aliphatic carbocycles. The van der Waals surface area contributed by atoms with Crippen molar-refractivity contribution in [2.24, 2.45) is 0 Å². The molecule has 5 heteroatoms. The highest BCUT2D eigenvalue weighted by atomic mass is 16.5. The number of aryl methyl sites for hydroxylation is 1. The molecule has 90 valence electrons. The minimum atomic E-state index is -0.167. The fourth-order valence-corrected chi connectivity index (χ4v) is 1.63. The normalized spacial score (nSPS) is 12.4. The monoisotopic (exact) mass is 234 g/mol. The second-order valence-electron chi connectivity index (χ2n) is 4.01. The lowest BCUT2D eigenvalue weighted by molar-refractivity contribution is 0.0938. The highest BCUT2D eigenvalue weighted by Gasteiger charge is 2.15. The molecule has 0 aliphatic heterocycles. The molecule has 0 fully saturated rings. The number of hydrogen-bond donors (Lipinski definition) is 1. The van der Waals surface area contributed by atoms with Crippen molar-refractivity contribution in [3.63, 3.8) is 0 Å². The van der Waals surface area contributed by atoms with E-state index in [0.717, 1.165) is 12.0 Å². The number of carbonyl (C=O) groups excluding carboxylic acids is 1. The Bertz CT molecular complexity index is 488. The number of nitrogens with zero attached hydrogens (tertiary/aromatic N) is 1. The summed E-state index contributed by atoms with van der Waals surface area (Å²) in [5, 5.41) is 6.46. The summed E-state index contributed by atoms with van der Waals surface area (Å²) in [6, 6.07) is 1.90. The molecular weight excluding hydrogens is 220 g/mol. The average Bonchev–Trinajstić information content (AvgIpc) is 2.88. The zero-order valence-corrected chi connectivity index (χ0v) is 9.77. The van der Waals surface area contributed by atoms with Gasteiger partial charge in [0.25, 0.3) is 5.91 Å². The molecule has 0 saturated heterocycles. The van der Waals surface area contributed by atoms with Crippen molar-refractivity contribution in [1.29, 1.82) is 0 Å². The van der Waals surface area contributed by atoms with E-state index in [9.17, 15) is 4.79 Å². The summed E-state index contributed by atoms with van der Waals surface area (Å²) in [7, 11) is 0. The standard InChI is InChI=1S/C12H14N2O3/c1-8(5-10-3-4-16-7-10)14-12(15)11-6-13-17-9(11)2/h3-4,6-8H,5H2,1-2H3,(H,14,15)/t8-/m0/s1. The third-order valence-electron chi connectivity index (χ3n) is 2.49. The van der Waals surface area contributed by atoms with Crippen molar-refractivity contribution < 1.29 is 13.7 Å². The first-order chi connectivity index (χ1) is 8.16. The number of nitrogens with one attached hydrogen (secondary N) is 1. The van der Waals surface area contributed by atoms with Crippen LogP contribution in [0.3, 0.4) is 0 Å². The number of carbonyl (C=O) groups is 1. The Kier molecular flexibility index (Phi) is 3.27. The van der Waals surface area contributed by atoms with Gasteiger partial charge in [-0.05, 0) is 31.9 Å². The van der Waals surface area contributed by atoms with E-state index < -0.39 is 0 Å². The minimum Gasteiger partial charge on any atom is -0.472 e. The Morgan fingerprint density at radius 1 is 1.59 bits per heavy atom. The molecule has 0 aliphatic rings. The molecule has 0 bridgehead atoms. The fourth-order valence-electron chi connectivity index (χ4n) is 1.63. The van der Waals surface area contributed by atoms with E-state index in [1.807, 2.05) is 13.0 Å². The Morgan fingerprint density at radius 3 is 3.00 bits per heavy atom. The summed E-state index contributed by atoms with van der Waals surface area (Å²) in [4.78, 5) is 11.8. The average molecular weight is 234 g/mol. The summed E-state index contributed by atoms with van der Waals surface area (Å²) >= 11 is 0. The summed E-state index contributed by atoms with van der Waals surface area (Å²) in [5.41, 5.74) is 1.53. The van der Waals surface area contributed by atoms with Crippen molar-refractivity contribution in [3.05, 3.63) is 41.7 Å². The fraction of sp³-hybridized carbons (Fsp3) is 0.333. The molecule has 17 heavy (non-hydrogen) atoms. The van der Waals surface area contributed by atoms with Gasteiger partial charge < -0.3 is 14.3 Å². The Labute approximate surface area is 98.8 Å². The van der Waals surface area contributed by atoms with Gasteiger partial charge in [0, 0.05) is 6.04 Å². The second kappa shape index (κ2) is 4.86. The van der Waals surface area contributed by atoms with Gasteiger partial charge in [0.2, 0.25) is 0 Å². The van der Waals surface area contributed by atoms with Crippen molar-refractivity contribution in [2.45, 2.75) is 26.3 Å². The smallest absolute Gasteiger partial charge is 0.256 e. The molecular formula is C12H14N2O3. The quantitative estimate of drug-likeness (QED) is 0.877. The van der Waals surface area contributed by atoms with E-state index >= 15 is 0 Å². The molecule has 1 amide bonds. The van der Waals surface area contributed by atoms with Crippen LogP contribution in [0.4, 0.5) is 0 Å². The molecule has 0 saturated carbocycles. The first-order valence-electron chi connectivity index (χ1n) is 5.40. The van der Waals surface area contributed by atoms with Crippen molar-refractivity contribution in [1.82, 2.24) is 10.5 Å². The first-order valence-corrected chi connectivity index (χ1v) is 5.40. The maximum atomic E-state index is 11.8. The van der Waals surface area contributed by atoms with Gasteiger partial charge in [-0.3, -0.25) is 4.79 Å². The minimum absolute atomic E-state index is 0.0226. The van der Waals surface area contributed by atoms with Gasteiger partial charge in [-0.2, -0.15) is 0 Å². The maximum absolute atomic E-state index is 11.8. The lowest BCUT2D eigenvalue weighted by Crippen LogP contribution is -2.34. The number of amides is 1. The summed E-state index contributed by atoms with van der Waals surface area (Å²) in [6.07, 6.45) is 5.45. The van der Waals surface area contributed by atoms with E-state index in [-0.39, 0.29) is 11.9 Å². The van der Waals surface area contributed by atoms with Gasteiger partial charge in [0.05, 0.1) is 18.7 Å². The Balaban J connectivity index is 1.93. The van der Waals surface area contributed by atoms with Crippen LogP contribution in [0.25, 0.3) is 0 Å². The largest absolute Gasteiger partial charge is 0.472 e. The molecule has 0 aromatic carbocycles. The van der Waals surface area contributed by atoms with E-state index in [2.05, 4.69) is 10.5 Å². The highest BCUT2D eigenvalue weighted by Crippen LogP contribution is 2.08. The Morgan fingerprint density at radius 2 is 2.41 bits per heavy atom. The predicted molar refractivity (Wildman–Crippen MR) is 60.6 cm³/mol. The maximum Gasteiger partial charge on any atom is 0.256 e. The van der Waals surface area contributed by atoms with Crippen LogP contribution in [0, 0.1) is 6.92 Å². The summed E-state index contributed by atoms with van der Waals surface area (Å²) in [5.74, 6) is 0.359. The van der Waals surface area contributed by atoms with Crippen LogP contribution in [-0.4, -0.2) is 17.1 Å². The molecule has 2 aromatic heterocycles. The van der Waals surface area contributed by atoms with Gasteiger partial charge in [0.15, 0.2) is 0 Å². The van der Waals surface area contributed by atoms with Crippen molar-refractivity contribution >= 4 is 5.91 Å². The highest BCUT2D eigenvalue weighted by molar-refractivity contribution is 5.94. The SMILES string of the molecule is Cc1oncc1C(=O)N[C@@H](C)Cc1ccoc1. The molecule has 1 N–H and O–H groups in total. The van der Waals surface area contributed by atoms with Crippen LogP contribution in [0.2, 0.25) is 0 Å². The van der Waals surface area contributed by atoms with Crippen molar-refractivity contribution in [2.75, 3.05) is 0 Å². The van der Waals surface area contributed by atoms with Gasteiger partial charge in [-0.1, -0.05) is 5.16 Å². The lowest BCUT2D eigenvalue weighted by atomic mass is 10.1. The first kappa shape index (κ1) is 11.4. The molecule has 2 rings (SSSR count). The molecule has 0 radical (unpaired) electrons. The number of hydrogen-bond acceptors (Lipinski definition) is 4. The molecule has 2 heterocycles. The van der Waals surface area contributed by atoms with Gasteiger partial charge in [-0.15, -0.1) is 0 Å². The van der Waals surface area contributed by atoms with E-state index in [1.165, 1.54) is 6.20 Å². The second-order valence-corrected chi connectivity index (χ2v) is 4.01. The van der Waals surface area contributed by atoms with E-state index in [4.69, 9.17) is 8.94 Å². The summed E-state index contributed by atoms with van der Waals surface area (Å²) in [6.45, 7) is 3.65. The van der Waals surface area contributed by atoms with Crippen LogP contribution in [0.15, 0.2) is 33.7 Å². The van der Waals surface area contributed by atoms with E-state index in [1.54, 1.807) is 19.5 Å². The van der Waals surface area contributed by atoms with Gasteiger partial charge in [-0.25, -0.2) is 0 Å². The van der Waals surface area contributed by atoms with Gasteiger partial charge >= 0.3 is 0 Å². The number of rotatable bonds is 4. The molecule has 5 nitrogen and oxygen atoms in total. The van der Waals surface area contributed by atoms with Crippen LogP contribution >= 0.6 is 0 Å². The van der Waals surface area contributed by atoms with E-state index in [0.29, 0.717) is 11.3 Å². The van der Waals surface area contributed by atoms with Crippen LogP contribution < -0.4 is 5.32 Å². The van der Waals surface area contributed by atoms with Crippen LogP contribution in [0.5, 0.6) is 0 Å².